The first-order valence-corrected chi connectivity index (χ1v) is 10.7. The summed E-state index contributed by atoms with van der Waals surface area (Å²) >= 11 is 0. The van der Waals surface area contributed by atoms with Crippen LogP contribution in [0.1, 0.15) is 66.2 Å². The summed E-state index contributed by atoms with van der Waals surface area (Å²) in [4.78, 5) is 16.9. The number of nitrogens with one attached hydrogen (secondary N) is 1. The van der Waals surface area contributed by atoms with Crippen molar-refractivity contribution in [3.05, 3.63) is 0 Å². The Hall–Kier alpha value is -0.810. The van der Waals surface area contributed by atoms with Gasteiger partial charge in [-0.3, -0.25) is 0 Å². The average molecular weight is 366 g/mol. The van der Waals surface area contributed by atoms with Gasteiger partial charge in [0.25, 0.3) is 0 Å². The van der Waals surface area contributed by atoms with Crippen molar-refractivity contribution in [2.75, 3.05) is 39.3 Å². The minimum Gasteiger partial charge on any atom is -0.444 e. The maximum Gasteiger partial charge on any atom is 0.410 e. The third-order valence-corrected chi connectivity index (χ3v) is 6.98. The first kappa shape index (κ1) is 19.9. The van der Waals surface area contributed by atoms with E-state index in [9.17, 15) is 4.79 Å². The lowest BCUT2D eigenvalue weighted by Crippen LogP contribution is -2.52. The second kappa shape index (κ2) is 8.05. The molecule has 5 nitrogen and oxygen atoms in total. The summed E-state index contributed by atoms with van der Waals surface area (Å²) in [5, 5.41) is 3.49. The van der Waals surface area contributed by atoms with E-state index >= 15 is 0 Å². The maximum absolute atomic E-state index is 12.3. The Bertz CT molecular complexity index is 464. The van der Waals surface area contributed by atoms with Gasteiger partial charge in [0.05, 0.1) is 0 Å². The van der Waals surface area contributed by atoms with E-state index in [-0.39, 0.29) is 6.09 Å². The van der Waals surface area contributed by atoms with Crippen LogP contribution in [-0.2, 0) is 4.74 Å². The molecule has 150 valence electrons. The summed E-state index contributed by atoms with van der Waals surface area (Å²) < 4.78 is 5.54. The Balaban J connectivity index is 1.45. The molecule has 0 aliphatic carbocycles. The quantitative estimate of drug-likeness (QED) is 0.814. The van der Waals surface area contributed by atoms with E-state index in [2.05, 4.69) is 17.1 Å². The second-order valence-electron chi connectivity index (χ2n) is 9.83. The van der Waals surface area contributed by atoms with Crippen molar-refractivity contribution in [1.82, 2.24) is 15.1 Å². The van der Waals surface area contributed by atoms with Crippen LogP contribution >= 0.6 is 0 Å². The van der Waals surface area contributed by atoms with Crippen LogP contribution in [0.5, 0.6) is 0 Å². The molecule has 0 aromatic rings. The fourth-order valence-electron chi connectivity index (χ4n) is 5.02. The van der Waals surface area contributed by atoms with Gasteiger partial charge in [-0.25, -0.2) is 4.79 Å². The molecular formula is C21H39N3O2. The smallest absolute Gasteiger partial charge is 0.410 e. The summed E-state index contributed by atoms with van der Waals surface area (Å²) in [6, 6.07) is 0.719. The zero-order valence-electron chi connectivity index (χ0n) is 17.4. The van der Waals surface area contributed by atoms with Gasteiger partial charge < -0.3 is 19.9 Å². The number of nitrogens with zero attached hydrogens (tertiary/aromatic N) is 2. The number of amides is 1. The second-order valence-corrected chi connectivity index (χ2v) is 9.83. The van der Waals surface area contributed by atoms with Crippen molar-refractivity contribution in [3.8, 4) is 0 Å². The van der Waals surface area contributed by atoms with Crippen molar-refractivity contribution in [2.45, 2.75) is 77.9 Å². The Morgan fingerprint density at radius 1 is 1.04 bits per heavy atom. The first-order valence-electron chi connectivity index (χ1n) is 10.7. The fraction of sp³-hybridized carbons (Fsp3) is 0.952. The first-order chi connectivity index (χ1) is 12.3. The summed E-state index contributed by atoms with van der Waals surface area (Å²) in [7, 11) is 0. The molecule has 3 aliphatic heterocycles. The fourth-order valence-corrected chi connectivity index (χ4v) is 5.02. The number of ether oxygens (including phenoxy) is 1. The molecule has 3 heterocycles. The van der Waals surface area contributed by atoms with Gasteiger partial charge in [-0.2, -0.15) is 0 Å². The zero-order chi connectivity index (χ0) is 18.8. The molecule has 1 N–H and O–H groups in total. The third kappa shape index (κ3) is 4.92. The standard InChI is InChI=1S/C21H39N3O2/c1-17(18-5-11-22-12-6-18)23-13-7-21(8-14-23)9-15-24(16-10-21)19(25)26-20(2,3)4/h17-18,22H,5-16H2,1-4H3. The van der Waals surface area contributed by atoms with Gasteiger partial charge >= 0.3 is 6.09 Å². The Kier molecular flexibility index (Phi) is 6.18. The van der Waals surface area contributed by atoms with E-state index < -0.39 is 5.60 Å². The molecule has 1 spiro atoms. The van der Waals surface area contributed by atoms with Crippen molar-refractivity contribution < 1.29 is 9.53 Å². The number of piperidine rings is 3. The number of carbonyl (C=O) groups is 1. The van der Waals surface area contributed by atoms with Gasteiger partial charge in [-0.05, 0) is 104 Å². The number of carbonyl (C=O) groups excluding carboxylic acids is 1. The minimum absolute atomic E-state index is 0.135. The molecule has 3 rings (SSSR count). The molecule has 3 aliphatic rings. The number of rotatable bonds is 2. The molecule has 1 amide bonds. The van der Waals surface area contributed by atoms with Crippen LogP contribution in [0.4, 0.5) is 4.79 Å². The molecule has 0 radical (unpaired) electrons. The lowest BCUT2D eigenvalue weighted by molar-refractivity contribution is -0.0106. The van der Waals surface area contributed by atoms with Crippen LogP contribution in [0, 0.1) is 11.3 Å². The highest BCUT2D eigenvalue weighted by Gasteiger charge is 2.40. The minimum atomic E-state index is -0.400. The van der Waals surface area contributed by atoms with Crippen molar-refractivity contribution in [1.29, 1.82) is 0 Å². The molecule has 0 aromatic carbocycles. The molecule has 3 saturated heterocycles. The number of likely N-dealkylation sites (tertiary alicyclic amines) is 2. The van der Waals surface area contributed by atoms with Crippen molar-refractivity contribution in [3.63, 3.8) is 0 Å². The SMILES string of the molecule is CC(C1CCNCC1)N1CCC2(CCN(C(=O)OC(C)(C)C)CC2)CC1. The van der Waals surface area contributed by atoms with E-state index in [4.69, 9.17) is 4.74 Å². The van der Waals surface area contributed by atoms with Gasteiger partial charge in [-0.15, -0.1) is 0 Å². The molecule has 0 saturated carbocycles. The maximum atomic E-state index is 12.3. The summed E-state index contributed by atoms with van der Waals surface area (Å²) in [5.41, 5.74) is 0.0607. The van der Waals surface area contributed by atoms with E-state index in [0.717, 1.165) is 37.9 Å². The van der Waals surface area contributed by atoms with Crippen molar-refractivity contribution >= 4 is 6.09 Å². The summed E-state index contributed by atoms with van der Waals surface area (Å²) in [6.45, 7) is 14.8. The summed E-state index contributed by atoms with van der Waals surface area (Å²) in [6.07, 6.45) is 7.39. The van der Waals surface area contributed by atoms with Crippen molar-refractivity contribution in [2.24, 2.45) is 11.3 Å². The summed E-state index contributed by atoms with van der Waals surface area (Å²) in [5.74, 6) is 0.860. The van der Waals surface area contributed by atoms with Gasteiger partial charge in [-0.1, -0.05) is 0 Å². The highest BCUT2D eigenvalue weighted by atomic mass is 16.6. The number of hydrogen-bond donors (Lipinski definition) is 1. The lowest BCUT2D eigenvalue weighted by Gasteiger charge is -2.49. The molecule has 5 heteroatoms. The highest BCUT2D eigenvalue weighted by Crippen LogP contribution is 2.42. The van der Waals surface area contributed by atoms with Crippen LogP contribution in [0.25, 0.3) is 0 Å². The third-order valence-electron chi connectivity index (χ3n) is 6.98. The molecular weight excluding hydrogens is 326 g/mol. The largest absolute Gasteiger partial charge is 0.444 e. The Morgan fingerprint density at radius 3 is 2.12 bits per heavy atom. The monoisotopic (exact) mass is 365 g/mol. The molecule has 0 aromatic heterocycles. The van der Waals surface area contributed by atoms with Crippen LogP contribution < -0.4 is 5.32 Å². The van der Waals surface area contributed by atoms with Crippen LogP contribution in [0.15, 0.2) is 0 Å². The van der Waals surface area contributed by atoms with E-state index in [1.807, 2.05) is 25.7 Å². The zero-order valence-corrected chi connectivity index (χ0v) is 17.4. The predicted molar refractivity (Wildman–Crippen MR) is 105 cm³/mol. The van der Waals surface area contributed by atoms with Gasteiger partial charge in [0.1, 0.15) is 5.60 Å². The van der Waals surface area contributed by atoms with E-state index in [1.54, 1.807) is 0 Å². The average Bonchev–Trinajstić information content (AvgIpc) is 2.62. The molecule has 3 fully saturated rings. The molecule has 26 heavy (non-hydrogen) atoms. The van der Waals surface area contributed by atoms with E-state index in [0.29, 0.717) is 5.41 Å². The van der Waals surface area contributed by atoms with Gasteiger partial charge in [0, 0.05) is 19.1 Å². The van der Waals surface area contributed by atoms with Crippen LogP contribution in [0.3, 0.4) is 0 Å². The van der Waals surface area contributed by atoms with Crippen LogP contribution in [0.2, 0.25) is 0 Å². The van der Waals surface area contributed by atoms with E-state index in [1.165, 1.54) is 51.9 Å². The molecule has 1 atom stereocenters. The predicted octanol–water partition coefficient (Wildman–Crippen LogP) is 3.49. The Morgan fingerprint density at radius 2 is 1.58 bits per heavy atom. The topological polar surface area (TPSA) is 44.8 Å². The number of hydrogen-bond acceptors (Lipinski definition) is 4. The Labute approximate surface area is 159 Å². The van der Waals surface area contributed by atoms with Crippen LogP contribution in [-0.4, -0.2) is 66.8 Å². The molecule has 0 bridgehead atoms. The van der Waals surface area contributed by atoms with Gasteiger partial charge in [0.2, 0.25) is 0 Å². The lowest BCUT2D eigenvalue weighted by atomic mass is 9.71. The molecule has 1 unspecified atom stereocenters. The normalized spacial score (nSPS) is 26.7. The van der Waals surface area contributed by atoms with Gasteiger partial charge in [0.15, 0.2) is 0 Å². The highest BCUT2D eigenvalue weighted by molar-refractivity contribution is 5.68.